The van der Waals surface area contributed by atoms with Crippen LogP contribution >= 0.6 is 15.9 Å². The quantitative estimate of drug-likeness (QED) is 0.356. The number of furan rings is 1. The van der Waals surface area contributed by atoms with Crippen molar-refractivity contribution in [2.75, 3.05) is 0 Å². The van der Waals surface area contributed by atoms with Crippen molar-refractivity contribution in [1.29, 1.82) is 0 Å². The van der Waals surface area contributed by atoms with Crippen molar-refractivity contribution in [3.63, 3.8) is 0 Å². The van der Waals surface area contributed by atoms with Crippen LogP contribution in [0.4, 0.5) is 0 Å². The Bertz CT molecular complexity index is 1160. The molecule has 4 rings (SSSR count). The van der Waals surface area contributed by atoms with E-state index in [9.17, 15) is 9.90 Å². The van der Waals surface area contributed by atoms with Gasteiger partial charge in [-0.3, -0.25) is 10.1 Å². The molecule has 0 aliphatic rings. The molecule has 0 bridgehead atoms. The average molecular weight is 453 g/mol. The number of H-pyrrole nitrogens is 1. The number of aryl methyl sites for hydroxylation is 1. The minimum absolute atomic E-state index is 0.342. The summed E-state index contributed by atoms with van der Waals surface area (Å²) in [6.07, 6.45) is 2.27. The first-order valence-electron chi connectivity index (χ1n) is 9.37. The van der Waals surface area contributed by atoms with Crippen LogP contribution < -0.4 is 5.32 Å². The first-order chi connectivity index (χ1) is 14.0. The van der Waals surface area contributed by atoms with Gasteiger partial charge in [-0.05, 0) is 54.4 Å². The lowest BCUT2D eigenvalue weighted by molar-refractivity contribution is -0.139. The Morgan fingerprint density at radius 1 is 1.21 bits per heavy atom. The summed E-state index contributed by atoms with van der Waals surface area (Å²) in [5.41, 5.74) is 4.11. The van der Waals surface area contributed by atoms with Gasteiger partial charge in [0.25, 0.3) is 0 Å². The summed E-state index contributed by atoms with van der Waals surface area (Å²) in [5, 5.41) is 13.8. The maximum atomic E-state index is 11.8. The number of halogens is 1. The van der Waals surface area contributed by atoms with E-state index < -0.39 is 12.0 Å². The molecule has 1 atom stereocenters. The Morgan fingerprint density at radius 3 is 2.83 bits per heavy atom. The van der Waals surface area contributed by atoms with E-state index in [4.69, 9.17) is 4.42 Å². The zero-order valence-electron chi connectivity index (χ0n) is 15.9. The lowest BCUT2D eigenvalue weighted by atomic mass is 10.0. The number of carbonyl (C=O) groups is 1. The third-order valence-corrected chi connectivity index (χ3v) is 5.53. The molecule has 148 valence electrons. The molecule has 0 saturated heterocycles. The highest BCUT2D eigenvalue weighted by molar-refractivity contribution is 9.10. The van der Waals surface area contributed by atoms with Crippen molar-refractivity contribution in [2.45, 2.75) is 25.9 Å². The van der Waals surface area contributed by atoms with Crippen LogP contribution in [0.15, 0.2) is 69.7 Å². The molecule has 0 saturated carbocycles. The zero-order chi connectivity index (χ0) is 20.4. The summed E-state index contributed by atoms with van der Waals surface area (Å²) in [6, 6.07) is 17.0. The Kier molecular flexibility index (Phi) is 5.56. The third kappa shape index (κ3) is 4.28. The molecule has 2 aromatic heterocycles. The highest BCUT2D eigenvalue weighted by Crippen LogP contribution is 2.28. The number of aromatic nitrogens is 1. The average Bonchev–Trinajstić information content (AvgIpc) is 3.32. The largest absolute Gasteiger partial charge is 0.480 e. The number of para-hydroxylation sites is 1. The van der Waals surface area contributed by atoms with E-state index in [1.807, 2.05) is 67.7 Å². The van der Waals surface area contributed by atoms with Gasteiger partial charge in [-0.2, -0.15) is 0 Å². The van der Waals surface area contributed by atoms with E-state index in [0.717, 1.165) is 37.8 Å². The lowest BCUT2D eigenvalue weighted by Crippen LogP contribution is -2.37. The van der Waals surface area contributed by atoms with Crippen LogP contribution in [0.2, 0.25) is 0 Å². The molecule has 0 fully saturated rings. The molecule has 0 radical (unpaired) electrons. The fraction of sp³-hybridized carbons (Fsp3) is 0.174. The van der Waals surface area contributed by atoms with E-state index in [2.05, 4.69) is 26.2 Å². The summed E-state index contributed by atoms with van der Waals surface area (Å²) < 4.78 is 6.97. The minimum atomic E-state index is -0.884. The first kappa shape index (κ1) is 19.5. The fourth-order valence-electron chi connectivity index (χ4n) is 3.51. The molecule has 29 heavy (non-hydrogen) atoms. The Labute approximate surface area is 176 Å². The maximum absolute atomic E-state index is 11.8. The van der Waals surface area contributed by atoms with Gasteiger partial charge in [0.05, 0.1) is 6.54 Å². The second-order valence-corrected chi connectivity index (χ2v) is 7.98. The van der Waals surface area contributed by atoms with Gasteiger partial charge in [0.1, 0.15) is 17.6 Å². The second kappa shape index (κ2) is 8.27. The van der Waals surface area contributed by atoms with Crippen molar-refractivity contribution in [1.82, 2.24) is 10.3 Å². The number of benzene rings is 2. The molecule has 0 aliphatic carbocycles. The van der Waals surface area contributed by atoms with Gasteiger partial charge in [-0.15, -0.1) is 0 Å². The molecule has 3 N–H and O–H groups in total. The topological polar surface area (TPSA) is 78.3 Å². The number of hydrogen-bond donors (Lipinski definition) is 3. The fourth-order valence-corrected chi connectivity index (χ4v) is 3.99. The van der Waals surface area contributed by atoms with Crippen molar-refractivity contribution < 1.29 is 14.3 Å². The van der Waals surface area contributed by atoms with Crippen molar-refractivity contribution >= 4 is 32.8 Å². The van der Waals surface area contributed by atoms with Gasteiger partial charge in [0.15, 0.2) is 0 Å². The summed E-state index contributed by atoms with van der Waals surface area (Å²) >= 11 is 3.47. The molecule has 2 aromatic carbocycles. The van der Waals surface area contributed by atoms with Gasteiger partial charge in [-0.1, -0.05) is 34.1 Å². The van der Waals surface area contributed by atoms with Gasteiger partial charge in [0, 0.05) is 33.6 Å². The van der Waals surface area contributed by atoms with Crippen molar-refractivity contribution in [3.8, 4) is 11.3 Å². The number of carboxylic acid groups (broad SMARTS) is 1. The van der Waals surface area contributed by atoms with E-state index >= 15 is 0 Å². The number of aromatic amines is 1. The summed E-state index contributed by atoms with van der Waals surface area (Å²) in [7, 11) is 0. The van der Waals surface area contributed by atoms with Crippen molar-refractivity contribution in [2.24, 2.45) is 0 Å². The van der Waals surface area contributed by atoms with E-state index in [-0.39, 0.29) is 0 Å². The predicted molar refractivity (Wildman–Crippen MR) is 117 cm³/mol. The number of nitrogens with one attached hydrogen (secondary N) is 2. The summed E-state index contributed by atoms with van der Waals surface area (Å²) in [6.45, 7) is 2.37. The molecule has 2 heterocycles. The van der Waals surface area contributed by atoms with E-state index in [1.54, 1.807) is 0 Å². The Balaban J connectivity index is 1.46. The number of hydrogen-bond acceptors (Lipinski definition) is 3. The normalized spacial score (nSPS) is 12.3. The zero-order valence-corrected chi connectivity index (χ0v) is 17.5. The molecule has 1 unspecified atom stereocenters. The van der Waals surface area contributed by atoms with Gasteiger partial charge >= 0.3 is 5.97 Å². The second-order valence-electron chi connectivity index (χ2n) is 7.06. The lowest BCUT2D eigenvalue weighted by Gasteiger charge is -2.13. The predicted octanol–water partition coefficient (Wildman–Crippen LogP) is 5.28. The molecule has 0 spiro atoms. The number of rotatable bonds is 7. The van der Waals surface area contributed by atoms with Crippen LogP contribution in [0.3, 0.4) is 0 Å². The summed E-state index contributed by atoms with van der Waals surface area (Å²) in [4.78, 5) is 15.0. The van der Waals surface area contributed by atoms with Gasteiger partial charge in [-0.25, -0.2) is 0 Å². The Morgan fingerprint density at radius 2 is 2.03 bits per heavy atom. The Hall–Kier alpha value is -2.83. The van der Waals surface area contributed by atoms with Crippen LogP contribution in [0.1, 0.15) is 16.9 Å². The molecular weight excluding hydrogens is 432 g/mol. The number of fused-ring (bicyclic) bond motifs is 1. The standard InChI is InChI=1S/C23H21BrN2O3/c1-14-10-16(24)6-8-18(14)22-9-7-17(29-22)13-26-21(23(27)28)11-15-12-25-20-5-3-2-4-19(15)20/h2-10,12,21,25-26H,11,13H2,1H3,(H,27,28). The molecule has 6 heteroatoms. The molecular formula is C23H21BrN2O3. The molecule has 0 amide bonds. The van der Waals surface area contributed by atoms with Crippen molar-refractivity contribution in [3.05, 3.63) is 82.2 Å². The van der Waals surface area contributed by atoms with Crippen LogP contribution in [0, 0.1) is 6.92 Å². The van der Waals surface area contributed by atoms with Crippen LogP contribution in [-0.2, 0) is 17.8 Å². The number of carboxylic acids is 1. The van der Waals surface area contributed by atoms with Crippen LogP contribution in [-0.4, -0.2) is 22.1 Å². The highest BCUT2D eigenvalue weighted by Gasteiger charge is 2.20. The third-order valence-electron chi connectivity index (χ3n) is 5.04. The molecule has 0 aliphatic heterocycles. The van der Waals surface area contributed by atoms with Gasteiger partial charge < -0.3 is 14.5 Å². The number of aliphatic carboxylic acids is 1. The van der Waals surface area contributed by atoms with Crippen LogP contribution in [0.25, 0.3) is 22.2 Å². The van der Waals surface area contributed by atoms with E-state index in [1.165, 1.54) is 0 Å². The first-order valence-corrected chi connectivity index (χ1v) is 10.2. The minimum Gasteiger partial charge on any atom is -0.480 e. The van der Waals surface area contributed by atoms with Gasteiger partial charge in [0.2, 0.25) is 0 Å². The maximum Gasteiger partial charge on any atom is 0.321 e. The van der Waals surface area contributed by atoms with Crippen LogP contribution in [0.5, 0.6) is 0 Å². The monoisotopic (exact) mass is 452 g/mol. The van der Waals surface area contributed by atoms with E-state index in [0.29, 0.717) is 18.7 Å². The molecule has 4 aromatic rings. The highest BCUT2D eigenvalue weighted by atomic mass is 79.9. The summed E-state index contributed by atoms with van der Waals surface area (Å²) in [5.74, 6) is 0.591. The SMILES string of the molecule is Cc1cc(Br)ccc1-c1ccc(CNC(Cc2c[nH]c3ccccc23)C(=O)O)o1. The smallest absolute Gasteiger partial charge is 0.321 e. The molecule has 5 nitrogen and oxygen atoms in total.